The molecule has 0 amide bonds. The van der Waals surface area contributed by atoms with E-state index in [4.69, 9.17) is 11.6 Å². The van der Waals surface area contributed by atoms with Gasteiger partial charge in [0.25, 0.3) is 0 Å². The lowest BCUT2D eigenvalue weighted by Crippen LogP contribution is -2.18. The highest BCUT2D eigenvalue weighted by Crippen LogP contribution is 2.14. The Balaban J connectivity index is 2.64. The maximum absolute atomic E-state index is 5.73. The molecule has 0 radical (unpaired) electrons. The normalized spacial score (nSPS) is 10.2. The minimum Gasteiger partial charge on any atom is -0.375 e. The van der Waals surface area contributed by atoms with Crippen molar-refractivity contribution in [2.45, 2.75) is 25.6 Å². The summed E-state index contributed by atoms with van der Waals surface area (Å²) in [6.07, 6.45) is 4.25. The lowest BCUT2D eigenvalue weighted by Gasteiger charge is -2.18. The molecule has 0 atom stereocenters. The molecule has 1 heterocycles. The van der Waals surface area contributed by atoms with E-state index in [-0.39, 0.29) is 0 Å². The number of unbranched alkanes of at least 4 members (excludes halogenated alkanes) is 1. The SMILES string of the molecule is CCCCN(C)c1ccnc(CCl)c1. The van der Waals surface area contributed by atoms with Gasteiger partial charge in [0.15, 0.2) is 0 Å². The van der Waals surface area contributed by atoms with Crippen molar-refractivity contribution in [1.82, 2.24) is 4.98 Å². The third-order valence-corrected chi connectivity index (χ3v) is 2.50. The van der Waals surface area contributed by atoms with Gasteiger partial charge < -0.3 is 4.90 Å². The average Bonchev–Trinajstić information content (AvgIpc) is 2.26. The maximum atomic E-state index is 5.73. The Morgan fingerprint density at radius 1 is 1.50 bits per heavy atom. The third-order valence-electron chi connectivity index (χ3n) is 2.22. The van der Waals surface area contributed by atoms with Gasteiger partial charge in [-0.2, -0.15) is 0 Å². The number of halogens is 1. The highest BCUT2D eigenvalue weighted by atomic mass is 35.5. The quantitative estimate of drug-likeness (QED) is 0.698. The molecule has 3 heteroatoms. The van der Waals surface area contributed by atoms with Gasteiger partial charge in [-0.15, -0.1) is 11.6 Å². The van der Waals surface area contributed by atoms with Crippen molar-refractivity contribution >= 4 is 17.3 Å². The summed E-state index contributed by atoms with van der Waals surface area (Å²) in [7, 11) is 2.10. The fourth-order valence-corrected chi connectivity index (χ4v) is 1.45. The summed E-state index contributed by atoms with van der Waals surface area (Å²) in [6.45, 7) is 3.28. The number of rotatable bonds is 5. The standard InChI is InChI=1S/C11H17ClN2/c1-3-4-7-14(2)11-5-6-13-10(8-11)9-12/h5-6,8H,3-4,7,9H2,1-2H3. The molecular weight excluding hydrogens is 196 g/mol. The van der Waals surface area contributed by atoms with Crippen LogP contribution in [0.3, 0.4) is 0 Å². The fraction of sp³-hybridized carbons (Fsp3) is 0.545. The van der Waals surface area contributed by atoms with Crippen molar-refractivity contribution in [3.8, 4) is 0 Å². The highest BCUT2D eigenvalue weighted by molar-refractivity contribution is 6.16. The molecule has 0 aliphatic rings. The largest absolute Gasteiger partial charge is 0.375 e. The first-order valence-corrected chi connectivity index (χ1v) is 5.53. The van der Waals surface area contributed by atoms with Gasteiger partial charge in [0.1, 0.15) is 0 Å². The number of hydrogen-bond donors (Lipinski definition) is 0. The summed E-state index contributed by atoms with van der Waals surface area (Å²) in [5.41, 5.74) is 2.14. The lowest BCUT2D eigenvalue weighted by atomic mass is 10.2. The molecule has 0 aliphatic carbocycles. The van der Waals surface area contributed by atoms with Crippen LogP contribution in [0.2, 0.25) is 0 Å². The van der Waals surface area contributed by atoms with Crippen LogP contribution >= 0.6 is 11.6 Å². The van der Waals surface area contributed by atoms with E-state index in [0.29, 0.717) is 5.88 Å². The predicted octanol–water partition coefficient (Wildman–Crippen LogP) is 3.06. The smallest absolute Gasteiger partial charge is 0.0648 e. The zero-order valence-electron chi connectivity index (χ0n) is 8.83. The summed E-state index contributed by atoms with van der Waals surface area (Å²) in [6, 6.07) is 4.06. The van der Waals surface area contributed by atoms with Crippen molar-refractivity contribution < 1.29 is 0 Å². The number of pyridine rings is 1. The van der Waals surface area contributed by atoms with E-state index < -0.39 is 0 Å². The van der Waals surface area contributed by atoms with Crippen LogP contribution in [0.1, 0.15) is 25.5 Å². The van der Waals surface area contributed by atoms with Crippen molar-refractivity contribution in [1.29, 1.82) is 0 Å². The first-order chi connectivity index (χ1) is 6.77. The second-order valence-corrected chi connectivity index (χ2v) is 3.68. The number of hydrogen-bond acceptors (Lipinski definition) is 2. The van der Waals surface area contributed by atoms with Gasteiger partial charge in [-0.3, -0.25) is 4.98 Å². The van der Waals surface area contributed by atoms with E-state index in [1.54, 1.807) is 0 Å². The van der Waals surface area contributed by atoms with E-state index in [1.807, 2.05) is 18.3 Å². The topological polar surface area (TPSA) is 16.1 Å². The van der Waals surface area contributed by atoms with Gasteiger partial charge in [-0.25, -0.2) is 0 Å². The van der Waals surface area contributed by atoms with Crippen molar-refractivity contribution in [3.63, 3.8) is 0 Å². The van der Waals surface area contributed by atoms with Gasteiger partial charge in [0, 0.05) is 25.5 Å². The zero-order chi connectivity index (χ0) is 10.4. The number of aromatic nitrogens is 1. The molecule has 0 saturated carbocycles. The van der Waals surface area contributed by atoms with Crippen LogP contribution in [0.5, 0.6) is 0 Å². The van der Waals surface area contributed by atoms with E-state index in [9.17, 15) is 0 Å². The Hall–Kier alpha value is -0.760. The molecule has 0 aliphatic heterocycles. The van der Waals surface area contributed by atoms with Crippen LogP contribution in [0.25, 0.3) is 0 Å². The van der Waals surface area contributed by atoms with Crippen molar-refractivity contribution in [3.05, 3.63) is 24.0 Å². The fourth-order valence-electron chi connectivity index (χ4n) is 1.30. The monoisotopic (exact) mass is 212 g/mol. The molecule has 14 heavy (non-hydrogen) atoms. The Morgan fingerprint density at radius 3 is 2.93 bits per heavy atom. The zero-order valence-corrected chi connectivity index (χ0v) is 9.59. The molecule has 0 N–H and O–H groups in total. The Kier molecular flexibility index (Phi) is 4.74. The first kappa shape index (κ1) is 11.3. The van der Waals surface area contributed by atoms with E-state index in [0.717, 1.165) is 12.2 Å². The molecule has 0 unspecified atom stereocenters. The molecule has 78 valence electrons. The number of nitrogens with zero attached hydrogens (tertiary/aromatic N) is 2. The molecular formula is C11H17ClN2. The Morgan fingerprint density at radius 2 is 2.29 bits per heavy atom. The molecule has 0 spiro atoms. The maximum Gasteiger partial charge on any atom is 0.0648 e. The summed E-state index contributed by atoms with van der Waals surface area (Å²) in [5.74, 6) is 0.482. The molecule has 1 aromatic heterocycles. The van der Waals surface area contributed by atoms with Crippen LogP contribution in [-0.4, -0.2) is 18.6 Å². The van der Waals surface area contributed by atoms with Gasteiger partial charge >= 0.3 is 0 Å². The Bertz CT molecular complexity index is 276. The molecule has 1 aromatic rings. The third kappa shape index (κ3) is 3.18. The van der Waals surface area contributed by atoms with Gasteiger partial charge in [-0.05, 0) is 18.6 Å². The Labute approximate surface area is 90.9 Å². The van der Waals surface area contributed by atoms with E-state index in [2.05, 4.69) is 23.9 Å². The van der Waals surface area contributed by atoms with Crippen LogP contribution in [0.4, 0.5) is 5.69 Å². The number of anilines is 1. The number of alkyl halides is 1. The molecule has 1 rings (SSSR count). The molecule has 2 nitrogen and oxygen atoms in total. The second kappa shape index (κ2) is 5.86. The van der Waals surface area contributed by atoms with E-state index in [1.165, 1.54) is 18.5 Å². The minimum atomic E-state index is 0.482. The summed E-state index contributed by atoms with van der Waals surface area (Å²) < 4.78 is 0. The second-order valence-electron chi connectivity index (χ2n) is 3.41. The van der Waals surface area contributed by atoms with Gasteiger partial charge in [-0.1, -0.05) is 13.3 Å². The molecule has 0 aromatic carbocycles. The predicted molar refractivity (Wildman–Crippen MR) is 62.0 cm³/mol. The highest BCUT2D eigenvalue weighted by Gasteiger charge is 2.01. The summed E-state index contributed by atoms with van der Waals surface area (Å²) in [5, 5.41) is 0. The van der Waals surface area contributed by atoms with Crippen molar-refractivity contribution in [2.75, 3.05) is 18.5 Å². The van der Waals surface area contributed by atoms with Crippen LogP contribution in [0.15, 0.2) is 18.3 Å². The van der Waals surface area contributed by atoms with Crippen LogP contribution in [0, 0.1) is 0 Å². The molecule has 0 bridgehead atoms. The van der Waals surface area contributed by atoms with Crippen LogP contribution in [-0.2, 0) is 5.88 Å². The molecule has 0 fully saturated rings. The average molecular weight is 213 g/mol. The van der Waals surface area contributed by atoms with Gasteiger partial charge in [0.2, 0.25) is 0 Å². The first-order valence-electron chi connectivity index (χ1n) is 5.00. The van der Waals surface area contributed by atoms with E-state index >= 15 is 0 Å². The van der Waals surface area contributed by atoms with Gasteiger partial charge in [0.05, 0.1) is 11.6 Å². The summed E-state index contributed by atoms with van der Waals surface area (Å²) in [4.78, 5) is 6.40. The van der Waals surface area contributed by atoms with Crippen LogP contribution < -0.4 is 4.90 Å². The minimum absolute atomic E-state index is 0.482. The molecule has 0 saturated heterocycles. The van der Waals surface area contributed by atoms with Crippen molar-refractivity contribution in [2.24, 2.45) is 0 Å². The lowest BCUT2D eigenvalue weighted by molar-refractivity contribution is 0.766. The summed E-state index contributed by atoms with van der Waals surface area (Å²) >= 11 is 5.73.